The fraction of sp³-hybridized carbons (Fsp3) is 0.125. The van der Waals surface area contributed by atoms with Gasteiger partial charge in [0.25, 0.3) is 0 Å². The number of rotatable bonds is 5. The van der Waals surface area contributed by atoms with E-state index in [1.165, 1.54) is 10.7 Å². The number of tetrazole rings is 1. The van der Waals surface area contributed by atoms with Gasteiger partial charge in [-0.3, -0.25) is 4.79 Å². The number of ketones is 1. The van der Waals surface area contributed by atoms with Gasteiger partial charge < -0.3 is 10.2 Å². The summed E-state index contributed by atoms with van der Waals surface area (Å²) in [6.07, 6.45) is 0. The summed E-state index contributed by atoms with van der Waals surface area (Å²) in [7, 11) is 0. The summed E-state index contributed by atoms with van der Waals surface area (Å²) in [6, 6.07) is 11.2. The maximum Gasteiger partial charge on any atom is 1.00 e. The van der Waals surface area contributed by atoms with E-state index in [1.54, 1.807) is 0 Å². The largest absolute Gasteiger partial charge is 1.00 e. The third-order valence-corrected chi connectivity index (χ3v) is 4.24. The Morgan fingerprint density at radius 1 is 1.08 bits per heavy atom. The molecule has 0 fully saturated rings. The van der Waals surface area contributed by atoms with Crippen LogP contribution in [0.2, 0.25) is 0 Å². The Bertz CT molecular complexity index is 887. The second kappa shape index (κ2) is 10.5. The monoisotopic (exact) mass is 386 g/mol. The first-order valence-electron chi connectivity index (χ1n) is 7.04. The molecule has 0 bridgehead atoms. The van der Waals surface area contributed by atoms with Crippen LogP contribution in [0.5, 0.6) is 11.5 Å². The van der Waals surface area contributed by atoms with Crippen molar-refractivity contribution in [2.75, 3.05) is 5.75 Å². The third kappa shape index (κ3) is 5.56. The molecule has 1 heterocycles. The molecule has 0 aliphatic heterocycles. The van der Waals surface area contributed by atoms with Gasteiger partial charge in [0.2, 0.25) is 5.16 Å². The molecule has 1 aromatic heterocycles. The maximum atomic E-state index is 12.2. The van der Waals surface area contributed by atoms with Crippen molar-refractivity contribution >= 4 is 17.5 Å². The minimum absolute atomic E-state index is 0. The Balaban J connectivity index is 0.00000169. The number of hydrogen-bond donors (Lipinski definition) is 0. The summed E-state index contributed by atoms with van der Waals surface area (Å²) >= 11 is 1.16. The zero-order valence-corrected chi connectivity index (χ0v) is 19.5. The molecule has 0 saturated carbocycles. The van der Waals surface area contributed by atoms with Gasteiger partial charge in [-0.25, -0.2) is 0 Å². The average Bonchev–Trinajstić information content (AvgIpc) is 3.04. The van der Waals surface area contributed by atoms with E-state index in [0.29, 0.717) is 5.16 Å². The third-order valence-electron chi connectivity index (χ3n) is 3.32. The molecule has 0 aliphatic carbocycles. The summed E-state index contributed by atoms with van der Waals surface area (Å²) in [5.74, 6) is -1.52. The number of carbonyl (C=O) groups excluding carboxylic acids is 1. The van der Waals surface area contributed by atoms with Gasteiger partial charge in [0, 0.05) is 5.56 Å². The van der Waals surface area contributed by atoms with E-state index in [1.807, 2.05) is 31.2 Å². The Hall–Kier alpha value is -0.870. The number of nitrogens with zero attached hydrogens (tertiary/aromatic N) is 4. The van der Waals surface area contributed by atoms with Crippen LogP contribution < -0.4 is 69.3 Å². The van der Waals surface area contributed by atoms with Crippen molar-refractivity contribution in [2.24, 2.45) is 0 Å². The molecule has 0 radical (unpaired) electrons. The molecule has 0 unspecified atom stereocenters. The summed E-state index contributed by atoms with van der Waals surface area (Å²) in [5, 5.41) is 34.4. The fourth-order valence-electron chi connectivity index (χ4n) is 2.01. The van der Waals surface area contributed by atoms with Crippen LogP contribution in [0.4, 0.5) is 0 Å². The molecule has 0 atom stereocenters. The second-order valence-corrected chi connectivity index (χ2v) is 6.02. The zero-order chi connectivity index (χ0) is 17.1. The summed E-state index contributed by atoms with van der Waals surface area (Å²) in [5.41, 5.74) is 2.12. The van der Waals surface area contributed by atoms with Crippen molar-refractivity contribution in [3.63, 3.8) is 0 Å². The number of benzene rings is 2. The molecular formula is C16H12N4Na2O3S. The Labute approximate surface area is 198 Å². The van der Waals surface area contributed by atoms with Gasteiger partial charge in [-0.1, -0.05) is 47.7 Å². The molecular weight excluding hydrogens is 374 g/mol. The van der Waals surface area contributed by atoms with E-state index in [4.69, 9.17) is 0 Å². The molecule has 3 rings (SSSR count). The summed E-state index contributed by atoms with van der Waals surface area (Å²) in [4.78, 5) is 12.2. The van der Waals surface area contributed by atoms with Crippen molar-refractivity contribution in [3.05, 3.63) is 53.6 Å². The second-order valence-electron chi connectivity index (χ2n) is 5.08. The molecule has 7 nitrogen and oxygen atoms in total. The molecule has 2 aromatic carbocycles. The van der Waals surface area contributed by atoms with E-state index in [-0.39, 0.29) is 76.2 Å². The van der Waals surface area contributed by atoms with Crippen molar-refractivity contribution < 1.29 is 74.1 Å². The van der Waals surface area contributed by atoms with Gasteiger partial charge in [0.05, 0.1) is 11.4 Å². The van der Waals surface area contributed by atoms with Crippen molar-refractivity contribution in [2.45, 2.75) is 12.1 Å². The average molecular weight is 386 g/mol. The number of thioether (sulfide) groups is 1. The number of aromatic nitrogens is 4. The van der Waals surface area contributed by atoms with Crippen molar-refractivity contribution in [1.29, 1.82) is 0 Å². The van der Waals surface area contributed by atoms with E-state index in [0.717, 1.165) is 35.1 Å². The molecule has 122 valence electrons. The minimum Gasteiger partial charge on any atom is -0.873 e. The van der Waals surface area contributed by atoms with Crippen LogP contribution in [-0.4, -0.2) is 31.7 Å². The van der Waals surface area contributed by atoms with Gasteiger partial charge >= 0.3 is 59.1 Å². The van der Waals surface area contributed by atoms with Crippen LogP contribution >= 0.6 is 11.8 Å². The molecule has 0 aliphatic rings. The first kappa shape index (κ1) is 23.2. The van der Waals surface area contributed by atoms with Crippen LogP contribution in [0, 0.1) is 6.92 Å². The van der Waals surface area contributed by atoms with Crippen LogP contribution in [0.3, 0.4) is 0 Å². The van der Waals surface area contributed by atoms with Gasteiger partial charge in [-0.15, -0.1) is 16.6 Å². The molecule has 0 N–H and O–H groups in total. The van der Waals surface area contributed by atoms with Gasteiger partial charge in [0.1, 0.15) is 0 Å². The fourth-order valence-corrected chi connectivity index (χ4v) is 2.80. The first-order valence-corrected chi connectivity index (χ1v) is 8.02. The zero-order valence-electron chi connectivity index (χ0n) is 14.7. The van der Waals surface area contributed by atoms with Gasteiger partial charge in [-0.05, 0) is 29.5 Å². The predicted octanol–water partition coefficient (Wildman–Crippen LogP) is -4.90. The Kier molecular flexibility index (Phi) is 9.32. The number of hydrogen-bond acceptors (Lipinski definition) is 7. The minimum atomic E-state index is -0.685. The van der Waals surface area contributed by atoms with Crippen molar-refractivity contribution in [1.82, 2.24) is 20.2 Å². The Morgan fingerprint density at radius 2 is 1.77 bits per heavy atom. The summed E-state index contributed by atoms with van der Waals surface area (Å²) < 4.78 is 1.54. The number of aryl methyl sites for hydroxylation is 1. The molecule has 3 aromatic rings. The standard InChI is InChI=1S/C16H14N4O3S.2Na/c1-10-2-5-12(6-3-10)20-16(17-18-19-20)24-9-15(23)11-4-7-13(21)14(22)8-11;;/h2-8,21-22H,9H2,1H3;;/q;2*+1/p-2. The summed E-state index contributed by atoms with van der Waals surface area (Å²) in [6.45, 7) is 1.98. The topological polar surface area (TPSA) is 107 Å². The van der Waals surface area contributed by atoms with E-state index >= 15 is 0 Å². The van der Waals surface area contributed by atoms with Crippen molar-refractivity contribution in [3.8, 4) is 17.2 Å². The van der Waals surface area contributed by atoms with Crippen LogP contribution in [0.25, 0.3) is 5.69 Å². The molecule has 26 heavy (non-hydrogen) atoms. The van der Waals surface area contributed by atoms with Gasteiger partial charge in [-0.2, -0.15) is 4.68 Å². The van der Waals surface area contributed by atoms with Crippen LogP contribution in [-0.2, 0) is 0 Å². The first-order chi connectivity index (χ1) is 11.5. The maximum absolute atomic E-state index is 12.2. The molecule has 0 spiro atoms. The van der Waals surface area contributed by atoms with E-state index < -0.39 is 11.5 Å². The van der Waals surface area contributed by atoms with Crippen LogP contribution in [0.15, 0.2) is 47.6 Å². The number of Topliss-reactive ketones (excluding diaryl/α,β-unsaturated/α-hetero) is 1. The van der Waals surface area contributed by atoms with E-state index in [2.05, 4.69) is 15.5 Å². The molecule has 10 heteroatoms. The smallest absolute Gasteiger partial charge is 0.873 e. The Morgan fingerprint density at radius 3 is 2.42 bits per heavy atom. The normalized spacial score (nSPS) is 9.88. The van der Waals surface area contributed by atoms with Gasteiger partial charge in [0.15, 0.2) is 5.78 Å². The predicted molar refractivity (Wildman–Crippen MR) is 84.3 cm³/mol. The molecule has 0 saturated heterocycles. The SMILES string of the molecule is Cc1ccc(-n2nnnc2SCC(=O)c2ccc([O-])c([O-])c2)cc1.[Na+].[Na+]. The number of carbonyl (C=O) groups is 1. The molecule has 0 amide bonds. The quantitative estimate of drug-likeness (QED) is 0.246. The van der Waals surface area contributed by atoms with Crippen LogP contribution in [0.1, 0.15) is 15.9 Å². The van der Waals surface area contributed by atoms with E-state index in [9.17, 15) is 15.0 Å².